The van der Waals surface area contributed by atoms with Crippen molar-refractivity contribution < 1.29 is 22.8 Å². The molecule has 1 aromatic carbocycles. The molecule has 0 aliphatic rings. The molecule has 0 aliphatic heterocycles. The molecule has 1 aromatic rings. The molecule has 1 rings (SSSR count). The second-order valence-electron chi connectivity index (χ2n) is 5.16. The summed E-state index contributed by atoms with van der Waals surface area (Å²) in [6.45, 7) is 1.56. The van der Waals surface area contributed by atoms with Crippen LogP contribution in [0.4, 0.5) is 13.2 Å². The maximum Gasteiger partial charge on any atom is 0.416 e. The third-order valence-electron chi connectivity index (χ3n) is 3.11. The number of nitriles is 1. The molecular formula is C15H16F3N3O2. The van der Waals surface area contributed by atoms with Gasteiger partial charge in [0.1, 0.15) is 6.04 Å². The Hall–Kier alpha value is -2.56. The summed E-state index contributed by atoms with van der Waals surface area (Å²) < 4.78 is 37.8. The Labute approximate surface area is 131 Å². The van der Waals surface area contributed by atoms with Crippen molar-refractivity contribution in [3.63, 3.8) is 0 Å². The molecular weight excluding hydrogens is 311 g/mol. The molecule has 124 valence electrons. The molecule has 0 aliphatic carbocycles. The lowest BCUT2D eigenvalue weighted by molar-refractivity contribution is -0.137. The van der Waals surface area contributed by atoms with E-state index in [1.165, 1.54) is 12.1 Å². The summed E-state index contributed by atoms with van der Waals surface area (Å²) in [6, 6.07) is 5.24. The first kappa shape index (κ1) is 18.5. The van der Waals surface area contributed by atoms with Gasteiger partial charge in [-0.2, -0.15) is 18.4 Å². The van der Waals surface area contributed by atoms with Crippen LogP contribution in [0.2, 0.25) is 0 Å². The zero-order valence-corrected chi connectivity index (χ0v) is 12.4. The Balaban J connectivity index is 2.76. The number of hydrogen-bond acceptors (Lipinski definition) is 3. The van der Waals surface area contributed by atoms with Gasteiger partial charge in [0.2, 0.25) is 11.8 Å². The van der Waals surface area contributed by atoms with E-state index in [9.17, 15) is 22.8 Å². The number of primary amides is 1. The fourth-order valence-corrected chi connectivity index (χ4v) is 1.94. The van der Waals surface area contributed by atoms with Gasteiger partial charge in [0, 0.05) is 5.92 Å². The highest BCUT2D eigenvalue weighted by Gasteiger charge is 2.30. The highest BCUT2D eigenvalue weighted by Crippen LogP contribution is 2.29. The molecule has 2 atom stereocenters. The summed E-state index contributed by atoms with van der Waals surface area (Å²) >= 11 is 0. The van der Waals surface area contributed by atoms with Crippen LogP contribution < -0.4 is 11.1 Å². The van der Waals surface area contributed by atoms with E-state index >= 15 is 0 Å². The third kappa shape index (κ3) is 5.98. The highest BCUT2D eigenvalue weighted by atomic mass is 19.4. The van der Waals surface area contributed by atoms with Crippen LogP contribution in [0.5, 0.6) is 0 Å². The Bertz CT molecular complexity index is 623. The number of amides is 2. The Kier molecular flexibility index (Phi) is 6.13. The van der Waals surface area contributed by atoms with Crippen molar-refractivity contribution in [3.8, 4) is 6.07 Å². The fraction of sp³-hybridized carbons (Fsp3) is 0.400. The van der Waals surface area contributed by atoms with Gasteiger partial charge in [-0.15, -0.1) is 0 Å². The monoisotopic (exact) mass is 327 g/mol. The first-order valence-corrected chi connectivity index (χ1v) is 6.78. The molecule has 0 fully saturated rings. The van der Waals surface area contributed by atoms with Crippen LogP contribution in [0.15, 0.2) is 24.3 Å². The zero-order valence-electron chi connectivity index (χ0n) is 12.4. The summed E-state index contributed by atoms with van der Waals surface area (Å²) in [7, 11) is 0. The SMILES string of the molecule is C[C@H](C#N)C[C@H](NC(=O)Cc1cccc(C(F)(F)F)c1)C(N)=O. The second-order valence-corrected chi connectivity index (χ2v) is 5.16. The zero-order chi connectivity index (χ0) is 17.6. The predicted octanol–water partition coefficient (Wildman–Crippen LogP) is 1.77. The summed E-state index contributed by atoms with van der Waals surface area (Å²) in [5.41, 5.74) is 4.46. The molecule has 0 bridgehead atoms. The molecule has 0 saturated heterocycles. The minimum atomic E-state index is -4.50. The average molecular weight is 327 g/mol. The number of nitrogens with zero attached hydrogens (tertiary/aromatic N) is 1. The minimum absolute atomic E-state index is 0.0418. The number of hydrogen-bond donors (Lipinski definition) is 2. The number of alkyl halides is 3. The van der Waals surface area contributed by atoms with Gasteiger partial charge in [-0.25, -0.2) is 0 Å². The third-order valence-corrected chi connectivity index (χ3v) is 3.11. The van der Waals surface area contributed by atoms with Crippen LogP contribution in [0.25, 0.3) is 0 Å². The summed E-state index contributed by atoms with van der Waals surface area (Å²) in [5.74, 6) is -1.94. The number of carbonyl (C=O) groups excluding carboxylic acids is 2. The average Bonchev–Trinajstić information content (AvgIpc) is 2.45. The van der Waals surface area contributed by atoms with E-state index in [1.54, 1.807) is 6.92 Å². The van der Waals surface area contributed by atoms with Crippen LogP contribution in [0.1, 0.15) is 24.5 Å². The van der Waals surface area contributed by atoms with E-state index in [4.69, 9.17) is 11.0 Å². The number of nitrogens with one attached hydrogen (secondary N) is 1. The molecule has 2 amide bonds. The molecule has 0 radical (unpaired) electrons. The Morgan fingerprint density at radius 3 is 2.57 bits per heavy atom. The van der Waals surface area contributed by atoms with Crippen LogP contribution in [0, 0.1) is 17.2 Å². The van der Waals surface area contributed by atoms with Gasteiger partial charge in [0.25, 0.3) is 0 Å². The van der Waals surface area contributed by atoms with E-state index in [-0.39, 0.29) is 18.4 Å². The number of benzene rings is 1. The van der Waals surface area contributed by atoms with Gasteiger partial charge in [-0.05, 0) is 25.0 Å². The van der Waals surface area contributed by atoms with Gasteiger partial charge in [0.15, 0.2) is 0 Å². The smallest absolute Gasteiger partial charge is 0.368 e. The van der Waals surface area contributed by atoms with Crippen molar-refractivity contribution in [2.24, 2.45) is 11.7 Å². The minimum Gasteiger partial charge on any atom is -0.368 e. The number of halogens is 3. The number of rotatable bonds is 6. The number of nitrogens with two attached hydrogens (primary N) is 1. The van der Waals surface area contributed by atoms with Gasteiger partial charge in [0.05, 0.1) is 18.1 Å². The molecule has 0 aromatic heterocycles. The summed E-state index contributed by atoms with van der Waals surface area (Å²) in [6.07, 6.45) is -4.78. The van der Waals surface area contributed by atoms with Crippen molar-refractivity contribution in [2.75, 3.05) is 0 Å². The maximum atomic E-state index is 12.6. The van der Waals surface area contributed by atoms with Crippen LogP contribution in [-0.2, 0) is 22.2 Å². The normalized spacial score (nSPS) is 13.7. The largest absolute Gasteiger partial charge is 0.416 e. The second kappa shape index (κ2) is 7.63. The first-order chi connectivity index (χ1) is 10.6. The maximum absolute atomic E-state index is 12.6. The first-order valence-electron chi connectivity index (χ1n) is 6.78. The quantitative estimate of drug-likeness (QED) is 0.833. The topological polar surface area (TPSA) is 96.0 Å². The van der Waals surface area contributed by atoms with Crippen molar-refractivity contribution in [1.82, 2.24) is 5.32 Å². The van der Waals surface area contributed by atoms with Gasteiger partial charge < -0.3 is 11.1 Å². The standard InChI is InChI=1S/C15H16F3N3O2/c1-9(8-19)5-12(14(20)23)21-13(22)7-10-3-2-4-11(6-10)15(16,17)18/h2-4,6,9,12H,5,7H2,1H3,(H2,20,23)(H,21,22)/t9-,12-/m0/s1. The van der Waals surface area contributed by atoms with E-state index in [0.29, 0.717) is 0 Å². The van der Waals surface area contributed by atoms with E-state index in [1.807, 2.05) is 6.07 Å². The predicted molar refractivity (Wildman–Crippen MR) is 75.7 cm³/mol. The molecule has 0 unspecified atom stereocenters. The van der Waals surface area contributed by atoms with E-state index in [2.05, 4.69) is 5.32 Å². The molecule has 3 N–H and O–H groups in total. The molecule has 8 heteroatoms. The fourth-order valence-electron chi connectivity index (χ4n) is 1.94. The molecule has 5 nitrogen and oxygen atoms in total. The van der Waals surface area contributed by atoms with Gasteiger partial charge >= 0.3 is 6.18 Å². The van der Waals surface area contributed by atoms with Gasteiger partial charge in [-0.1, -0.05) is 18.2 Å². The number of carbonyl (C=O) groups is 2. The van der Waals surface area contributed by atoms with Crippen molar-refractivity contribution in [1.29, 1.82) is 5.26 Å². The van der Waals surface area contributed by atoms with Crippen LogP contribution in [-0.4, -0.2) is 17.9 Å². The Morgan fingerprint density at radius 2 is 2.04 bits per heavy atom. The van der Waals surface area contributed by atoms with Crippen LogP contribution in [0.3, 0.4) is 0 Å². The van der Waals surface area contributed by atoms with E-state index < -0.39 is 35.5 Å². The molecule has 0 heterocycles. The van der Waals surface area contributed by atoms with Crippen molar-refractivity contribution in [3.05, 3.63) is 35.4 Å². The van der Waals surface area contributed by atoms with Crippen molar-refractivity contribution in [2.45, 2.75) is 32.0 Å². The lowest BCUT2D eigenvalue weighted by Crippen LogP contribution is -2.45. The van der Waals surface area contributed by atoms with Crippen LogP contribution >= 0.6 is 0 Å². The Morgan fingerprint density at radius 1 is 1.39 bits per heavy atom. The lowest BCUT2D eigenvalue weighted by atomic mass is 10.0. The molecule has 0 spiro atoms. The molecule has 0 saturated carbocycles. The summed E-state index contributed by atoms with van der Waals surface area (Å²) in [4.78, 5) is 23.1. The lowest BCUT2D eigenvalue weighted by Gasteiger charge is -2.16. The van der Waals surface area contributed by atoms with Gasteiger partial charge in [-0.3, -0.25) is 9.59 Å². The van der Waals surface area contributed by atoms with Crippen molar-refractivity contribution >= 4 is 11.8 Å². The molecule has 23 heavy (non-hydrogen) atoms. The highest BCUT2D eigenvalue weighted by molar-refractivity contribution is 5.87. The van der Waals surface area contributed by atoms with E-state index in [0.717, 1.165) is 12.1 Å². The summed E-state index contributed by atoms with van der Waals surface area (Å²) in [5, 5.41) is 11.1.